The molecule has 3 aromatic rings. The van der Waals surface area contributed by atoms with Gasteiger partial charge in [-0.2, -0.15) is 11.3 Å². The summed E-state index contributed by atoms with van der Waals surface area (Å²) in [5.41, 5.74) is 0.862. The van der Waals surface area contributed by atoms with Gasteiger partial charge < -0.3 is 4.18 Å². The number of carbonyl (C=O) groups is 1. The fourth-order valence-corrected chi connectivity index (χ4v) is 6.63. The summed E-state index contributed by atoms with van der Waals surface area (Å²) in [6.07, 6.45) is 5.54. The molecule has 1 saturated carbocycles. The minimum atomic E-state index is -1.68. The Hall–Kier alpha value is -2.14. The SMILES string of the molecule is CC.CC(C)C.CC/C=C1\C(=O)CC(C)C1OS(C)(c1ccccc1)c1ccccc1.c1ccsc1. The highest BCUT2D eigenvalue weighted by molar-refractivity contribution is 8.29. The topological polar surface area (TPSA) is 26.3 Å². The number of Topliss-reactive ketones (excluding diaryl/α,β-unsaturated/α-hetero) is 1. The molecular formula is C32H46O2S2. The second-order valence-electron chi connectivity index (χ2n) is 9.18. The van der Waals surface area contributed by atoms with Crippen molar-refractivity contribution < 1.29 is 8.98 Å². The van der Waals surface area contributed by atoms with Crippen molar-refractivity contribution in [3.05, 3.63) is 95.2 Å². The van der Waals surface area contributed by atoms with Gasteiger partial charge in [-0.3, -0.25) is 4.79 Å². The van der Waals surface area contributed by atoms with Crippen molar-refractivity contribution in [2.75, 3.05) is 6.26 Å². The highest BCUT2D eigenvalue weighted by Gasteiger charge is 2.40. The molecule has 0 saturated heterocycles. The van der Waals surface area contributed by atoms with Crippen LogP contribution in [-0.4, -0.2) is 18.1 Å². The first-order valence-corrected chi connectivity index (χ1v) is 16.0. The van der Waals surface area contributed by atoms with Gasteiger partial charge in [-0.1, -0.05) is 113 Å². The van der Waals surface area contributed by atoms with Crippen molar-refractivity contribution in [3.63, 3.8) is 0 Å². The summed E-state index contributed by atoms with van der Waals surface area (Å²) in [5, 5.41) is 4.08. The van der Waals surface area contributed by atoms with Crippen LogP contribution in [-0.2, 0) is 8.98 Å². The van der Waals surface area contributed by atoms with Crippen LogP contribution in [0.4, 0.5) is 0 Å². The molecule has 2 atom stereocenters. The van der Waals surface area contributed by atoms with Crippen molar-refractivity contribution >= 4 is 27.4 Å². The number of allylic oxidation sites excluding steroid dienone is 1. The second-order valence-corrected chi connectivity index (χ2v) is 12.8. The molecule has 36 heavy (non-hydrogen) atoms. The average molecular weight is 527 g/mol. The molecule has 1 heterocycles. The van der Waals surface area contributed by atoms with Gasteiger partial charge in [-0.15, -0.1) is 0 Å². The summed E-state index contributed by atoms with van der Waals surface area (Å²) in [4.78, 5) is 14.8. The predicted octanol–water partition coefficient (Wildman–Crippen LogP) is 10.2. The number of carbonyl (C=O) groups excluding carboxylic acids is 1. The molecule has 0 N–H and O–H groups in total. The van der Waals surface area contributed by atoms with Crippen LogP contribution in [0, 0.1) is 11.8 Å². The highest BCUT2D eigenvalue weighted by Crippen LogP contribution is 2.62. The highest BCUT2D eigenvalue weighted by atomic mass is 32.3. The Kier molecular flexibility index (Phi) is 15.4. The average Bonchev–Trinajstić information content (AvgIpc) is 3.55. The molecule has 2 unspecified atom stereocenters. The van der Waals surface area contributed by atoms with Gasteiger partial charge in [0.2, 0.25) is 0 Å². The summed E-state index contributed by atoms with van der Waals surface area (Å²) < 4.78 is 6.81. The molecule has 1 aromatic heterocycles. The molecule has 1 fully saturated rings. The molecule has 0 spiro atoms. The zero-order valence-electron chi connectivity index (χ0n) is 23.4. The molecule has 1 aliphatic rings. The molecule has 0 aliphatic heterocycles. The van der Waals surface area contributed by atoms with Crippen LogP contribution in [0.15, 0.2) is 105 Å². The van der Waals surface area contributed by atoms with Crippen molar-refractivity contribution in [1.29, 1.82) is 0 Å². The van der Waals surface area contributed by atoms with E-state index < -0.39 is 10.3 Å². The van der Waals surface area contributed by atoms with Crippen LogP contribution in [0.2, 0.25) is 0 Å². The number of thiophene rings is 1. The van der Waals surface area contributed by atoms with Gasteiger partial charge in [0.15, 0.2) is 5.78 Å². The summed E-state index contributed by atoms with van der Waals surface area (Å²) in [6.45, 7) is 14.7. The maximum absolute atomic E-state index is 12.4. The van der Waals surface area contributed by atoms with E-state index in [4.69, 9.17) is 4.18 Å². The molecule has 0 amide bonds. The summed E-state index contributed by atoms with van der Waals surface area (Å²) in [7, 11) is -1.68. The fraction of sp³-hybridized carbons (Fsp3) is 0.406. The summed E-state index contributed by atoms with van der Waals surface area (Å²) in [5.74, 6) is 1.28. The Morgan fingerprint density at radius 3 is 1.72 bits per heavy atom. The normalized spacial score (nSPS) is 18.4. The van der Waals surface area contributed by atoms with Crippen LogP contribution in [0.3, 0.4) is 0 Å². The van der Waals surface area contributed by atoms with E-state index in [-0.39, 0.29) is 17.8 Å². The van der Waals surface area contributed by atoms with E-state index in [1.807, 2.05) is 54.9 Å². The van der Waals surface area contributed by atoms with Crippen LogP contribution < -0.4 is 0 Å². The first kappa shape index (κ1) is 31.9. The molecule has 4 heteroatoms. The molecule has 198 valence electrons. The fourth-order valence-electron chi connectivity index (χ4n) is 3.62. The zero-order chi connectivity index (χ0) is 27.0. The predicted molar refractivity (Wildman–Crippen MR) is 161 cm³/mol. The molecule has 2 aromatic carbocycles. The van der Waals surface area contributed by atoms with Crippen LogP contribution in [0.5, 0.6) is 0 Å². The minimum absolute atomic E-state index is 0.132. The quantitative estimate of drug-likeness (QED) is 0.309. The minimum Gasteiger partial charge on any atom is -0.320 e. The summed E-state index contributed by atoms with van der Waals surface area (Å²) >= 11 is 1.71. The van der Waals surface area contributed by atoms with E-state index in [2.05, 4.69) is 89.4 Å². The summed E-state index contributed by atoms with van der Waals surface area (Å²) in [6, 6.07) is 24.8. The van der Waals surface area contributed by atoms with E-state index in [0.29, 0.717) is 6.42 Å². The van der Waals surface area contributed by atoms with Crippen molar-refractivity contribution in [1.82, 2.24) is 0 Å². The third kappa shape index (κ3) is 10.1. The van der Waals surface area contributed by atoms with E-state index >= 15 is 0 Å². The van der Waals surface area contributed by atoms with Gasteiger partial charge in [0.1, 0.15) is 6.10 Å². The Morgan fingerprint density at radius 1 is 0.917 bits per heavy atom. The standard InChI is InChI=1S/C22H26O2S.C4H4S.C4H10.C2H6/c1-4-11-20-21(23)16-17(2)22(20)24-25(3,18-12-7-5-8-13-18)19-14-9-6-10-15-19;1-2-4-5-3-1;1-4(2)3;1-2/h5-15,17,22H,4,16H2,1-3H3;1-4H;4H,1-3H3;1-2H3/b20-11+;;;. The molecule has 0 bridgehead atoms. The monoisotopic (exact) mass is 526 g/mol. The van der Waals surface area contributed by atoms with Gasteiger partial charge in [-0.25, -0.2) is 0 Å². The van der Waals surface area contributed by atoms with Gasteiger partial charge in [-0.05, 0) is 59.5 Å². The van der Waals surface area contributed by atoms with E-state index in [0.717, 1.165) is 17.9 Å². The maximum atomic E-state index is 12.4. The number of hydrogen-bond acceptors (Lipinski definition) is 3. The van der Waals surface area contributed by atoms with E-state index in [9.17, 15) is 4.79 Å². The van der Waals surface area contributed by atoms with Gasteiger partial charge in [0, 0.05) is 21.8 Å². The van der Waals surface area contributed by atoms with Gasteiger partial charge in [0.25, 0.3) is 0 Å². The van der Waals surface area contributed by atoms with Crippen molar-refractivity contribution in [2.45, 2.75) is 77.2 Å². The van der Waals surface area contributed by atoms with Crippen LogP contribution in [0.1, 0.15) is 61.3 Å². The Labute approximate surface area is 226 Å². The van der Waals surface area contributed by atoms with Crippen LogP contribution in [0.25, 0.3) is 0 Å². The third-order valence-electron chi connectivity index (χ3n) is 5.18. The number of ketones is 1. The zero-order valence-corrected chi connectivity index (χ0v) is 25.1. The molecular weight excluding hydrogens is 480 g/mol. The molecule has 2 nitrogen and oxygen atoms in total. The van der Waals surface area contributed by atoms with Gasteiger partial charge in [0.05, 0.1) is 0 Å². The Morgan fingerprint density at radius 2 is 1.36 bits per heavy atom. The van der Waals surface area contributed by atoms with E-state index in [1.54, 1.807) is 11.3 Å². The largest absolute Gasteiger partial charge is 0.320 e. The lowest BCUT2D eigenvalue weighted by Crippen LogP contribution is -2.21. The lowest BCUT2D eigenvalue weighted by atomic mass is 10.1. The lowest BCUT2D eigenvalue weighted by molar-refractivity contribution is -0.114. The van der Waals surface area contributed by atoms with Crippen LogP contribution >= 0.6 is 21.6 Å². The number of hydrogen-bond donors (Lipinski definition) is 0. The lowest BCUT2D eigenvalue weighted by Gasteiger charge is -2.40. The van der Waals surface area contributed by atoms with Crippen molar-refractivity contribution in [2.24, 2.45) is 11.8 Å². The molecule has 4 rings (SSSR count). The first-order valence-electron chi connectivity index (χ1n) is 13.1. The molecule has 0 radical (unpaired) electrons. The van der Waals surface area contributed by atoms with Crippen molar-refractivity contribution in [3.8, 4) is 0 Å². The third-order valence-corrected chi connectivity index (χ3v) is 8.75. The second kappa shape index (κ2) is 17.3. The number of rotatable bonds is 5. The van der Waals surface area contributed by atoms with Gasteiger partial charge >= 0.3 is 0 Å². The Balaban J connectivity index is 0.000000493. The first-order chi connectivity index (χ1) is 17.3. The van der Waals surface area contributed by atoms with E-state index in [1.165, 1.54) is 9.79 Å². The maximum Gasteiger partial charge on any atom is 0.161 e. The number of benzene rings is 2. The smallest absolute Gasteiger partial charge is 0.161 e. The molecule has 1 aliphatic carbocycles. The Bertz CT molecular complexity index is 920.